The van der Waals surface area contributed by atoms with E-state index < -0.39 is 0 Å². The number of aryl methyl sites for hydroxylation is 1. The maximum Gasteiger partial charge on any atom is 0.0465 e. The van der Waals surface area contributed by atoms with E-state index in [2.05, 4.69) is 37.3 Å². The average molecular weight is 235 g/mol. The van der Waals surface area contributed by atoms with Crippen molar-refractivity contribution < 1.29 is 4.74 Å². The molecule has 0 aromatic heterocycles. The molecule has 17 heavy (non-hydrogen) atoms. The van der Waals surface area contributed by atoms with E-state index in [1.165, 1.54) is 12.0 Å². The van der Waals surface area contributed by atoms with Crippen LogP contribution in [0.25, 0.3) is 0 Å². The van der Waals surface area contributed by atoms with Gasteiger partial charge in [0.1, 0.15) is 0 Å². The average Bonchev–Trinajstić information content (AvgIpc) is 2.37. The maximum absolute atomic E-state index is 6.17. The Hall–Kier alpha value is -0.860. The highest BCUT2D eigenvalue weighted by atomic mass is 16.5. The molecule has 0 aliphatic rings. The summed E-state index contributed by atoms with van der Waals surface area (Å²) in [5.41, 5.74) is 7.57. The monoisotopic (exact) mass is 235 g/mol. The molecule has 2 nitrogen and oxygen atoms in total. The van der Waals surface area contributed by atoms with Crippen molar-refractivity contribution in [2.75, 3.05) is 13.7 Å². The quantitative estimate of drug-likeness (QED) is 0.751. The van der Waals surface area contributed by atoms with Gasteiger partial charge < -0.3 is 10.5 Å². The zero-order valence-electron chi connectivity index (χ0n) is 11.1. The van der Waals surface area contributed by atoms with Gasteiger partial charge in [-0.3, -0.25) is 0 Å². The molecule has 2 N–H and O–H groups in total. The van der Waals surface area contributed by atoms with Crippen molar-refractivity contribution in [2.24, 2.45) is 11.7 Å². The van der Waals surface area contributed by atoms with Crippen molar-refractivity contribution in [1.29, 1.82) is 0 Å². The third-order valence-electron chi connectivity index (χ3n) is 3.35. The van der Waals surface area contributed by atoms with E-state index in [0.29, 0.717) is 12.0 Å². The van der Waals surface area contributed by atoms with Gasteiger partial charge in [-0.25, -0.2) is 0 Å². The summed E-state index contributed by atoms with van der Waals surface area (Å²) in [6, 6.07) is 10.9. The Morgan fingerprint density at radius 3 is 2.53 bits per heavy atom. The van der Waals surface area contributed by atoms with Crippen molar-refractivity contribution in [2.45, 2.75) is 38.6 Å². The SMILES string of the molecule is COCCC(C)C(N)CCCc1ccccc1. The van der Waals surface area contributed by atoms with Crippen LogP contribution in [0.4, 0.5) is 0 Å². The molecule has 2 atom stereocenters. The number of rotatable bonds is 8. The zero-order valence-corrected chi connectivity index (χ0v) is 11.1. The van der Waals surface area contributed by atoms with E-state index in [-0.39, 0.29) is 0 Å². The van der Waals surface area contributed by atoms with Gasteiger partial charge in [-0.15, -0.1) is 0 Å². The summed E-state index contributed by atoms with van der Waals surface area (Å²) in [7, 11) is 1.74. The van der Waals surface area contributed by atoms with Crippen molar-refractivity contribution in [3.63, 3.8) is 0 Å². The molecule has 0 saturated carbocycles. The fourth-order valence-corrected chi connectivity index (χ4v) is 1.99. The van der Waals surface area contributed by atoms with Crippen LogP contribution in [0.2, 0.25) is 0 Å². The summed E-state index contributed by atoms with van der Waals surface area (Å²) >= 11 is 0. The van der Waals surface area contributed by atoms with E-state index in [4.69, 9.17) is 10.5 Å². The molecule has 96 valence electrons. The van der Waals surface area contributed by atoms with E-state index in [1.807, 2.05) is 0 Å². The first-order chi connectivity index (χ1) is 8.24. The Bertz CT molecular complexity index is 286. The molecular weight excluding hydrogens is 210 g/mol. The van der Waals surface area contributed by atoms with E-state index in [9.17, 15) is 0 Å². The Kier molecular flexibility index (Phi) is 6.90. The first-order valence-corrected chi connectivity index (χ1v) is 6.52. The van der Waals surface area contributed by atoms with Gasteiger partial charge in [0.05, 0.1) is 0 Å². The number of hydrogen-bond acceptors (Lipinski definition) is 2. The molecular formula is C15H25NO. The van der Waals surface area contributed by atoms with Gasteiger partial charge in [0.2, 0.25) is 0 Å². The molecule has 0 bridgehead atoms. The van der Waals surface area contributed by atoms with Gasteiger partial charge in [0.25, 0.3) is 0 Å². The van der Waals surface area contributed by atoms with E-state index in [1.54, 1.807) is 7.11 Å². The minimum atomic E-state index is 0.300. The summed E-state index contributed by atoms with van der Waals surface area (Å²) in [4.78, 5) is 0. The largest absolute Gasteiger partial charge is 0.385 e. The Labute approximate surface area is 105 Å². The zero-order chi connectivity index (χ0) is 12.5. The van der Waals surface area contributed by atoms with Crippen LogP contribution in [0.5, 0.6) is 0 Å². The second kappa shape index (κ2) is 8.26. The fourth-order valence-electron chi connectivity index (χ4n) is 1.99. The molecule has 0 radical (unpaired) electrons. The van der Waals surface area contributed by atoms with Gasteiger partial charge >= 0.3 is 0 Å². The number of methoxy groups -OCH3 is 1. The highest BCUT2D eigenvalue weighted by molar-refractivity contribution is 5.14. The maximum atomic E-state index is 6.17. The van der Waals surface area contributed by atoms with Crippen LogP contribution in [-0.2, 0) is 11.2 Å². The standard InChI is InChI=1S/C15H25NO/c1-13(11-12-17-2)15(16)10-6-9-14-7-4-3-5-8-14/h3-5,7-8,13,15H,6,9-12,16H2,1-2H3. The van der Waals surface area contributed by atoms with Crippen molar-refractivity contribution in [3.8, 4) is 0 Å². The Balaban J connectivity index is 2.17. The Morgan fingerprint density at radius 1 is 1.18 bits per heavy atom. The molecule has 0 amide bonds. The fraction of sp³-hybridized carbons (Fsp3) is 0.600. The molecule has 0 heterocycles. The second-order valence-electron chi connectivity index (χ2n) is 4.80. The summed E-state index contributed by atoms with van der Waals surface area (Å²) < 4.78 is 5.08. The van der Waals surface area contributed by atoms with Crippen LogP contribution >= 0.6 is 0 Å². The van der Waals surface area contributed by atoms with E-state index in [0.717, 1.165) is 25.9 Å². The third-order valence-corrected chi connectivity index (χ3v) is 3.35. The topological polar surface area (TPSA) is 35.2 Å². The predicted octanol–water partition coefficient (Wildman–Crippen LogP) is 3.01. The van der Waals surface area contributed by atoms with Crippen LogP contribution in [0.3, 0.4) is 0 Å². The van der Waals surface area contributed by atoms with Crippen molar-refractivity contribution in [3.05, 3.63) is 35.9 Å². The van der Waals surface area contributed by atoms with Gasteiger partial charge in [-0.05, 0) is 37.2 Å². The smallest absolute Gasteiger partial charge is 0.0465 e. The van der Waals surface area contributed by atoms with Gasteiger partial charge in [0.15, 0.2) is 0 Å². The lowest BCUT2D eigenvalue weighted by Gasteiger charge is -2.19. The van der Waals surface area contributed by atoms with Crippen LogP contribution in [-0.4, -0.2) is 19.8 Å². The lowest BCUT2D eigenvalue weighted by molar-refractivity contribution is 0.173. The number of benzene rings is 1. The molecule has 1 rings (SSSR count). The van der Waals surface area contributed by atoms with Crippen molar-refractivity contribution >= 4 is 0 Å². The summed E-state index contributed by atoms with van der Waals surface area (Å²) in [6.45, 7) is 3.03. The summed E-state index contributed by atoms with van der Waals surface area (Å²) in [5, 5.41) is 0. The second-order valence-corrected chi connectivity index (χ2v) is 4.80. The van der Waals surface area contributed by atoms with Gasteiger partial charge in [-0.2, -0.15) is 0 Å². The summed E-state index contributed by atoms with van der Waals surface area (Å²) in [6.07, 6.45) is 4.46. The van der Waals surface area contributed by atoms with Crippen LogP contribution in [0.1, 0.15) is 31.7 Å². The number of nitrogens with two attached hydrogens (primary N) is 1. The normalized spacial score (nSPS) is 14.5. The summed E-state index contributed by atoms with van der Waals surface area (Å²) in [5.74, 6) is 0.547. The Morgan fingerprint density at radius 2 is 1.88 bits per heavy atom. The van der Waals surface area contributed by atoms with Crippen molar-refractivity contribution in [1.82, 2.24) is 0 Å². The third kappa shape index (κ3) is 5.85. The highest BCUT2D eigenvalue weighted by Gasteiger charge is 2.11. The first-order valence-electron chi connectivity index (χ1n) is 6.52. The minimum Gasteiger partial charge on any atom is -0.385 e. The van der Waals surface area contributed by atoms with Crippen LogP contribution in [0, 0.1) is 5.92 Å². The molecule has 0 spiro atoms. The predicted molar refractivity (Wildman–Crippen MR) is 73.0 cm³/mol. The molecule has 1 aromatic rings. The number of ether oxygens (including phenoxy) is 1. The highest BCUT2D eigenvalue weighted by Crippen LogP contribution is 2.13. The molecule has 2 unspecified atom stereocenters. The molecule has 2 heteroatoms. The van der Waals surface area contributed by atoms with Crippen LogP contribution < -0.4 is 5.73 Å². The number of hydrogen-bond donors (Lipinski definition) is 1. The molecule has 0 aliphatic heterocycles. The molecule has 1 aromatic carbocycles. The lowest BCUT2D eigenvalue weighted by Crippen LogP contribution is -2.29. The molecule has 0 saturated heterocycles. The van der Waals surface area contributed by atoms with E-state index >= 15 is 0 Å². The van der Waals surface area contributed by atoms with Crippen LogP contribution in [0.15, 0.2) is 30.3 Å². The first kappa shape index (κ1) is 14.2. The van der Waals surface area contributed by atoms with Gasteiger partial charge in [0, 0.05) is 19.8 Å². The van der Waals surface area contributed by atoms with Gasteiger partial charge in [-0.1, -0.05) is 37.3 Å². The lowest BCUT2D eigenvalue weighted by atomic mass is 9.94. The molecule has 0 aliphatic carbocycles. The molecule has 0 fully saturated rings. The minimum absolute atomic E-state index is 0.300.